The van der Waals surface area contributed by atoms with E-state index in [1.165, 1.54) is 0 Å². The van der Waals surface area contributed by atoms with Crippen LogP contribution >= 0.6 is 11.6 Å². The van der Waals surface area contributed by atoms with Crippen LogP contribution in [0.15, 0.2) is 55.1 Å². The Kier molecular flexibility index (Phi) is 5.14. The molecule has 2 aromatic heterocycles. The van der Waals surface area contributed by atoms with Gasteiger partial charge in [0.15, 0.2) is 0 Å². The van der Waals surface area contributed by atoms with Gasteiger partial charge in [-0.05, 0) is 49.6 Å². The first-order chi connectivity index (χ1) is 15.5. The van der Waals surface area contributed by atoms with Gasteiger partial charge in [0, 0.05) is 22.5 Å². The van der Waals surface area contributed by atoms with Crippen molar-refractivity contribution in [2.75, 3.05) is 12.4 Å². The summed E-state index contributed by atoms with van der Waals surface area (Å²) in [5.41, 5.74) is 5.11. The molecule has 1 aliphatic heterocycles. The number of fused-ring (bicyclic) bond motifs is 1. The Morgan fingerprint density at radius 3 is 2.84 bits per heavy atom. The average Bonchev–Trinajstić information content (AvgIpc) is 3.41. The molecule has 0 radical (unpaired) electrons. The second kappa shape index (κ2) is 8.12. The SMILES string of the molecule is COc1cc(-c2cn(C3CCc4ccc(Cl)cc4NC3=O)nn2)ccc1-n1cnc(C)c1. The van der Waals surface area contributed by atoms with Crippen LogP contribution in [0.2, 0.25) is 5.02 Å². The third-order valence-corrected chi connectivity index (χ3v) is 5.85. The summed E-state index contributed by atoms with van der Waals surface area (Å²) < 4.78 is 9.13. The molecule has 1 N–H and O–H groups in total. The smallest absolute Gasteiger partial charge is 0.249 e. The van der Waals surface area contributed by atoms with Gasteiger partial charge in [0.1, 0.15) is 17.5 Å². The van der Waals surface area contributed by atoms with Crippen LogP contribution in [0.5, 0.6) is 5.75 Å². The van der Waals surface area contributed by atoms with Crippen molar-refractivity contribution in [3.05, 3.63) is 71.4 Å². The number of ether oxygens (including phenoxy) is 1. The highest BCUT2D eigenvalue weighted by atomic mass is 35.5. The molecule has 0 bridgehead atoms. The van der Waals surface area contributed by atoms with Crippen molar-refractivity contribution in [1.82, 2.24) is 24.5 Å². The molecule has 0 spiro atoms. The molecule has 5 rings (SSSR count). The van der Waals surface area contributed by atoms with Crippen LogP contribution in [0.1, 0.15) is 23.7 Å². The molecule has 1 aliphatic rings. The molecule has 0 saturated heterocycles. The minimum Gasteiger partial charge on any atom is -0.495 e. The van der Waals surface area contributed by atoms with Crippen LogP contribution in [0.3, 0.4) is 0 Å². The van der Waals surface area contributed by atoms with Gasteiger partial charge in [-0.25, -0.2) is 9.67 Å². The van der Waals surface area contributed by atoms with Gasteiger partial charge < -0.3 is 14.6 Å². The number of carbonyl (C=O) groups is 1. The van der Waals surface area contributed by atoms with Crippen molar-refractivity contribution in [2.24, 2.45) is 0 Å². The van der Waals surface area contributed by atoms with Crippen LogP contribution < -0.4 is 10.1 Å². The van der Waals surface area contributed by atoms with Crippen molar-refractivity contribution in [3.63, 3.8) is 0 Å². The van der Waals surface area contributed by atoms with Gasteiger partial charge in [0.05, 0.1) is 31.0 Å². The molecule has 0 fully saturated rings. The Hall–Kier alpha value is -3.65. The zero-order valence-electron chi connectivity index (χ0n) is 17.6. The zero-order valence-corrected chi connectivity index (χ0v) is 18.4. The molecular weight excluding hydrogens is 428 g/mol. The Balaban J connectivity index is 1.42. The Morgan fingerprint density at radius 1 is 1.19 bits per heavy atom. The van der Waals surface area contributed by atoms with E-state index in [0.29, 0.717) is 22.9 Å². The number of nitrogens with one attached hydrogen (secondary N) is 1. The molecule has 162 valence electrons. The maximum atomic E-state index is 12.9. The van der Waals surface area contributed by atoms with Crippen molar-refractivity contribution >= 4 is 23.2 Å². The summed E-state index contributed by atoms with van der Waals surface area (Å²) in [6.07, 6.45) is 6.83. The lowest BCUT2D eigenvalue weighted by Crippen LogP contribution is -2.25. The first kappa shape index (κ1) is 20.3. The number of carbonyl (C=O) groups excluding carboxylic acids is 1. The number of halogens is 1. The van der Waals surface area contributed by atoms with Crippen LogP contribution in [0.25, 0.3) is 16.9 Å². The summed E-state index contributed by atoms with van der Waals surface area (Å²) in [7, 11) is 1.63. The molecule has 3 heterocycles. The van der Waals surface area contributed by atoms with Gasteiger partial charge in [0.2, 0.25) is 5.91 Å². The Bertz CT molecular complexity index is 1310. The van der Waals surface area contributed by atoms with Crippen LogP contribution in [-0.4, -0.2) is 37.6 Å². The predicted octanol–water partition coefficient (Wildman–Crippen LogP) is 4.23. The lowest BCUT2D eigenvalue weighted by Gasteiger charge is -2.12. The van der Waals surface area contributed by atoms with Gasteiger partial charge in [-0.2, -0.15) is 0 Å². The van der Waals surface area contributed by atoms with Gasteiger partial charge >= 0.3 is 0 Å². The monoisotopic (exact) mass is 448 g/mol. The normalized spacial score (nSPS) is 15.7. The topological polar surface area (TPSA) is 86.9 Å². The molecule has 1 amide bonds. The molecule has 32 heavy (non-hydrogen) atoms. The van der Waals surface area contributed by atoms with Crippen LogP contribution in [0, 0.1) is 6.92 Å². The van der Waals surface area contributed by atoms with E-state index in [2.05, 4.69) is 20.6 Å². The molecule has 1 atom stereocenters. The van der Waals surface area contributed by atoms with E-state index in [4.69, 9.17) is 16.3 Å². The third kappa shape index (κ3) is 3.73. The number of rotatable bonds is 4. The standard InChI is InChI=1S/C23H21ClN6O2/c1-14-11-29(13-25-14)20-7-5-16(9-22(20)32-2)19-12-30(28-27-19)21-8-4-15-3-6-17(24)10-18(15)26-23(21)31/h3,5-7,9-13,21H,4,8H2,1-2H3,(H,26,31). The Labute approximate surface area is 189 Å². The second-order valence-electron chi connectivity index (χ2n) is 7.74. The van der Waals surface area contributed by atoms with E-state index in [1.54, 1.807) is 30.4 Å². The van der Waals surface area contributed by atoms with E-state index < -0.39 is 6.04 Å². The number of hydrogen-bond donors (Lipinski definition) is 1. The minimum atomic E-state index is -0.461. The molecular formula is C23H21ClN6O2. The number of methoxy groups -OCH3 is 1. The fourth-order valence-corrected chi connectivity index (χ4v) is 4.11. The Morgan fingerprint density at radius 2 is 2.06 bits per heavy atom. The van der Waals surface area contributed by atoms with E-state index in [1.807, 2.05) is 48.0 Å². The maximum Gasteiger partial charge on any atom is 0.249 e. The lowest BCUT2D eigenvalue weighted by atomic mass is 10.1. The first-order valence-electron chi connectivity index (χ1n) is 10.2. The summed E-state index contributed by atoms with van der Waals surface area (Å²) >= 11 is 6.08. The number of aromatic nitrogens is 5. The van der Waals surface area contributed by atoms with Crippen LogP contribution in [0.4, 0.5) is 5.69 Å². The van der Waals surface area contributed by atoms with E-state index >= 15 is 0 Å². The van der Waals surface area contributed by atoms with Crippen molar-refractivity contribution in [2.45, 2.75) is 25.8 Å². The minimum absolute atomic E-state index is 0.133. The number of imidazole rings is 1. The number of aryl methyl sites for hydroxylation is 2. The molecule has 2 aromatic carbocycles. The molecule has 9 heteroatoms. The number of amides is 1. The van der Waals surface area contributed by atoms with E-state index in [-0.39, 0.29) is 5.91 Å². The molecule has 8 nitrogen and oxygen atoms in total. The highest BCUT2D eigenvalue weighted by Gasteiger charge is 2.26. The molecule has 4 aromatic rings. The fourth-order valence-electron chi connectivity index (χ4n) is 3.94. The van der Waals surface area contributed by atoms with Crippen molar-refractivity contribution in [3.8, 4) is 22.7 Å². The summed E-state index contributed by atoms with van der Waals surface area (Å²) in [5.74, 6) is 0.555. The summed E-state index contributed by atoms with van der Waals surface area (Å²) in [6.45, 7) is 1.94. The molecule has 1 unspecified atom stereocenters. The third-order valence-electron chi connectivity index (χ3n) is 5.61. The highest BCUT2D eigenvalue weighted by Crippen LogP contribution is 2.31. The van der Waals surface area contributed by atoms with Gasteiger partial charge in [-0.3, -0.25) is 4.79 Å². The largest absolute Gasteiger partial charge is 0.495 e. The molecule has 0 aliphatic carbocycles. The van der Waals surface area contributed by atoms with Gasteiger partial charge in [0.25, 0.3) is 0 Å². The summed E-state index contributed by atoms with van der Waals surface area (Å²) in [4.78, 5) is 17.1. The number of anilines is 1. The first-order valence-corrected chi connectivity index (χ1v) is 10.6. The lowest BCUT2D eigenvalue weighted by molar-refractivity contribution is -0.119. The second-order valence-corrected chi connectivity index (χ2v) is 8.17. The van der Waals surface area contributed by atoms with E-state index in [9.17, 15) is 4.79 Å². The van der Waals surface area contributed by atoms with Crippen molar-refractivity contribution < 1.29 is 9.53 Å². The zero-order chi connectivity index (χ0) is 22.2. The van der Waals surface area contributed by atoms with Gasteiger partial charge in [-0.1, -0.05) is 28.9 Å². The van der Waals surface area contributed by atoms with E-state index in [0.717, 1.165) is 34.6 Å². The number of benzene rings is 2. The van der Waals surface area contributed by atoms with Crippen LogP contribution in [-0.2, 0) is 11.2 Å². The summed E-state index contributed by atoms with van der Waals surface area (Å²) in [5, 5.41) is 12.1. The average molecular weight is 449 g/mol. The van der Waals surface area contributed by atoms with Crippen molar-refractivity contribution in [1.29, 1.82) is 0 Å². The summed E-state index contributed by atoms with van der Waals surface area (Å²) in [6, 6.07) is 10.9. The number of hydrogen-bond acceptors (Lipinski definition) is 5. The maximum absolute atomic E-state index is 12.9. The fraction of sp³-hybridized carbons (Fsp3) is 0.217. The molecule has 0 saturated carbocycles. The highest BCUT2D eigenvalue weighted by molar-refractivity contribution is 6.31. The quantitative estimate of drug-likeness (QED) is 0.505. The number of nitrogens with zero attached hydrogens (tertiary/aromatic N) is 5. The van der Waals surface area contributed by atoms with Gasteiger partial charge in [-0.15, -0.1) is 5.10 Å². The predicted molar refractivity (Wildman–Crippen MR) is 121 cm³/mol.